The number of benzene rings is 1. The predicted octanol–water partition coefficient (Wildman–Crippen LogP) is 3.20. The second kappa shape index (κ2) is 5.66. The number of allylic oxidation sites excluding steroid dienone is 1. The minimum atomic E-state index is -1.48. The Morgan fingerprint density at radius 2 is 1.72 bits per heavy atom. The van der Waals surface area contributed by atoms with E-state index in [0.717, 1.165) is 0 Å². The average molecular weight is 367 g/mol. The van der Waals surface area contributed by atoms with Gasteiger partial charge in [0.2, 0.25) is 11.4 Å². The van der Waals surface area contributed by atoms with Gasteiger partial charge in [-0.15, -0.1) is 0 Å². The van der Waals surface area contributed by atoms with E-state index < -0.39 is 11.0 Å². The van der Waals surface area contributed by atoms with E-state index in [-0.39, 0.29) is 40.1 Å². The molecule has 1 atom stereocenters. The van der Waals surface area contributed by atoms with Crippen LogP contribution in [0.15, 0.2) is 17.9 Å². The fourth-order valence-corrected chi connectivity index (χ4v) is 3.85. The van der Waals surface area contributed by atoms with Gasteiger partial charge in [0.25, 0.3) is 0 Å². The summed E-state index contributed by atoms with van der Waals surface area (Å²) in [7, 11) is 4.31. The zero-order chi connectivity index (χ0) is 18.6. The summed E-state index contributed by atoms with van der Waals surface area (Å²) in [6, 6.07) is 1.54. The number of Topliss-reactive ketones (excluding diaryl/α,β-unsaturated/α-hetero) is 1. The van der Waals surface area contributed by atoms with Crippen LogP contribution in [0.5, 0.6) is 17.2 Å². The molecule has 0 saturated heterocycles. The lowest BCUT2D eigenvalue weighted by molar-refractivity contribution is -0.122. The number of hydrogen-bond acceptors (Lipinski definition) is 6. The van der Waals surface area contributed by atoms with Crippen molar-refractivity contribution >= 4 is 23.2 Å². The lowest BCUT2D eigenvalue weighted by Crippen LogP contribution is -2.57. The van der Waals surface area contributed by atoms with Crippen LogP contribution in [0.25, 0.3) is 0 Å². The molecule has 2 aliphatic rings. The summed E-state index contributed by atoms with van der Waals surface area (Å²) in [4.78, 5) is 25.5. The third kappa shape index (κ3) is 2.16. The maximum Gasteiger partial charge on any atom is 0.233 e. The van der Waals surface area contributed by atoms with Crippen molar-refractivity contribution in [2.24, 2.45) is 5.41 Å². The first-order valence-corrected chi connectivity index (χ1v) is 8.08. The molecule has 0 radical (unpaired) electrons. The average Bonchev–Trinajstić information content (AvgIpc) is 2.87. The standard InChI is InChI=1S/C18H19ClO6/c1-17(2)8-9(20)6-12(24-5)18(17)16(21)13-10(22-3)7-11(23-4)14(19)15(13)25-18/h6-7H,8H2,1-5H3. The first kappa shape index (κ1) is 17.6. The summed E-state index contributed by atoms with van der Waals surface area (Å²) in [5.74, 6) is 0.473. The van der Waals surface area contributed by atoms with Gasteiger partial charge in [-0.3, -0.25) is 9.59 Å². The van der Waals surface area contributed by atoms with Crippen molar-refractivity contribution in [3.05, 3.63) is 28.5 Å². The summed E-state index contributed by atoms with van der Waals surface area (Å²) >= 11 is 6.38. The molecule has 1 heterocycles. The Balaban J connectivity index is 2.31. The molecule has 0 aromatic heterocycles. The third-order valence-corrected chi connectivity index (χ3v) is 5.18. The highest BCUT2D eigenvalue weighted by molar-refractivity contribution is 6.35. The molecule has 1 aliphatic heterocycles. The third-order valence-electron chi connectivity index (χ3n) is 4.82. The van der Waals surface area contributed by atoms with E-state index in [4.69, 9.17) is 30.5 Å². The molecule has 3 rings (SSSR count). The Labute approximate surface area is 150 Å². The maximum absolute atomic E-state index is 13.5. The second-order valence-electron chi connectivity index (χ2n) is 6.65. The topological polar surface area (TPSA) is 71.1 Å². The van der Waals surface area contributed by atoms with Gasteiger partial charge in [-0.2, -0.15) is 0 Å². The molecule has 1 aromatic rings. The van der Waals surface area contributed by atoms with Crippen molar-refractivity contribution < 1.29 is 28.5 Å². The number of methoxy groups -OCH3 is 3. The fraction of sp³-hybridized carbons (Fsp3) is 0.444. The van der Waals surface area contributed by atoms with E-state index >= 15 is 0 Å². The minimum Gasteiger partial charge on any atom is -0.496 e. The van der Waals surface area contributed by atoms with Crippen LogP contribution in [0.2, 0.25) is 5.02 Å². The highest BCUT2D eigenvalue weighted by Gasteiger charge is 2.65. The fourth-order valence-electron chi connectivity index (χ4n) is 3.59. The highest BCUT2D eigenvalue weighted by Crippen LogP contribution is 2.57. The van der Waals surface area contributed by atoms with Crippen LogP contribution in [-0.2, 0) is 9.53 Å². The quantitative estimate of drug-likeness (QED) is 0.818. The maximum atomic E-state index is 13.5. The van der Waals surface area contributed by atoms with Gasteiger partial charge in [-0.25, -0.2) is 0 Å². The Bertz CT molecular complexity index is 810. The Kier molecular flexibility index (Phi) is 3.99. The Morgan fingerprint density at radius 3 is 2.28 bits per heavy atom. The van der Waals surface area contributed by atoms with E-state index in [1.165, 1.54) is 27.4 Å². The molecule has 0 saturated carbocycles. The number of hydrogen-bond donors (Lipinski definition) is 0. The lowest BCUT2D eigenvalue weighted by Gasteiger charge is -2.44. The molecule has 134 valence electrons. The van der Waals surface area contributed by atoms with Gasteiger partial charge in [0.15, 0.2) is 17.3 Å². The van der Waals surface area contributed by atoms with Gasteiger partial charge < -0.3 is 18.9 Å². The van der Waals surface area contributed by atoms with Crippen LogP contribution < -0.4 is 14.2 Å². The van der Waals surface area contributed by atoms with Crippen LogP contribution in [0.4, 0.5) is 0 Å². The number of carbonyl (C=O) groups is 2. The first-order chi connectivity index (χ1) is 11.7. The molecule has 0 N–H and O–H groups in total. The Morgan fingerprint density at radius 1 is 1.08 bits per heavy atom. The molecule has 25 heavy (non-hydrogen) atoms. The highest BCUT2D eigenvalue weighted by atomic mass is 35.5. The van der Waals surface area contributed by atoms with Crippen molar-refractivity contribution in [1.29, 1.82) is 0 Å². The minimum absolute atomic E-state index is 0.129. The number of rotatable bonds is 3. The van der Waals surface area contributed by atoms with E-state index in [1.54, 1.807) is 19.9 Å². The van der Waals surface area contributed by atoms with Crippen molar-refractivity contribution in [2.75, 3.05) is 21.3 Å². The molecular weight excluding hydrogens is 348 g/mol. The van der Waals surface area contributed by atoms with Crippen molar-refractivity contribution in [2.45, 2.75) is 25.9 Å². The summed E-state index contributed by atoms with van der Waals surface area (Å²) in [5.41, 5.74) is -2.11. The van der Waals surface area contributed by atoms with E-state index in [0.29, 0.717) is 11.5 Å². The summed E-state index contributed by atoms with van der Waals surface area (Å²) in [6.07, 6.45) is 1.45. The van der Waals surface area contributed by atoms with Crippen LogP contribution >= 0.6 is 11.6 Å². The second-order valence-corrected chi connectivity index (χ2v) is 7.03. The molecule has 1 spiro atoms. The molecule has 0 amide bonds. The van der Waals surface area contributed by atoms with Crippen LogP contribution in [0, 0.1) is 5.41 Å². The van der Waals surface area contributed by atoms with E-state index in [1.807, 2.05) is 0 Å². The van der Waals surface area contributed by atoms with Crippen molar-refractivity contribution in [3.8, 4) is 17.2 Å². The molecule has 7 heteroatoms. The molecule has 1 aliphatic carbocycles. The molecule has 1 aromatic carbocycles. The van der Waals surface area contributed by atoms with Gasteiger partial charge >= 0.3 is 0 Å². The van der Waals surface area contributed by atoms with E-state index in [9.17, 15) is 9.59 Å². The predicted molar refractivity (Wildman–Crippen MR) is 90.7 cm³/mol. The van der Waals surface area contributed by atoms with Gasteiger partial charge in [0.05, 0.1) is 21.3 Å². The van der Waals surface area contributed by atoms with Gasteiger partial charge in [-0.1, -0.05) is 25.4 Å². The van der Waals surface area contributed by atoms with E-state index in [2.05, 4.69) is 0 Å². The lowest BCUT2D eigenvalue weighted by atomic mass is 9.65. The van der Waals surface area contributed by atoms with Crippen molar-refractivity contribution in [3.63, 3.8) is 0 Å². The van der Waals surface area contributed by atoms with Gasteiger partial charge in [0, 0.05) is 24.0 Å². The first-order valence-electron chi connectivity index (χ1n) is 7.70. The number of ketones is 2. The SMILES string of the molecule is COC1=CC(=O)CC(C)(C)C12Oc1c(Cl)c(OC)cc(OC)c1C2=O. The summed E-state index contributed by atoms with van der Waals surface area (Å²) in [5, 5.41) is 0.173. The molecular formula is C18H19ClO6. The zero-order valence-corrected chi connectivity index (χ0v) is 15.4. The molecule has 6 nitrogen and oxygen atoms in total. The van der Waals surface area contributed by atoms with Gasteiger partial charge in [-0.05, 0) is 0 Å². The normalized spacial score (nSPS) is 23.8. The van der Waals surface area contributed by atoms with Gasteiger partial charge in [0.1, 0.15) is 22.1 Å². The largest absolute Gasteiger partial charge is 0.496 e. The number of fused-ring (bicyclic) bond motifs is 1. The van der Waals surface area contributed by atoms with Crippen LogP contribution in [0.1, 0.15) is 30.6 Å². The van der Waals surface area contributed by atoms with Crippen molar-refractivity contribution in [1.82, 2.24) is 0 Å². The number of carbonyl (C=O) groups excluding carboxylic acids is 2. The zero-order valence-electron chi connectivity index (χ0n) is 14.7. The summed E-state index contributed by atoms with van der Waals surface area (Å²) < 4.78 is 22.1. The number of halogens is 1. The molecule has 1 unspecified atom stereocenters. The van der Waals surface area contributed by atoms with Crippen LogP contribution in [-0.4, -0.2) is 38.5 Å². The molecule has 0 bridgehead atoms. The monoisotopic (exact) mass is 366 g/mol. The number of ether oxygens (including phenoxy) is 4. The van der Waals surface area contributed by atoms with Crippen LogP contribution in [0.3, 0.4) is 0 Å². The Hall–Kier alpha value is -2.21. The summed E-state index contributed by atoms with van der Waals surface area (Å²) in [6.45, 7) is 3.58. The molecule has 0 fully saturated rings. The smallest absolute Gasteiger partial charge is 0.233 e.